The van der Waals surface area contributed by atoms with Crippen molar-refractivity contribution < 1.29 is 17.9 Å². The van der Waals surface area contributed by atoms with E-state index in [9.17, 15) is 13.2 Å². The highest BCUT2D eigenvalue weighted by Gasteiger charge is 2.24. The number of halogens is 2. The van der Waals surface area contributed by atoms with Crippen LogP contribution in [0.4, 0.5) is 4.79 Å². The van der Waals surface area contributed by atoms with Gasteiger partial charge in [0.1, 0.15) is 4.90 Å². The molecule has 1 N–H and O–H groups in total. The third-order valence-corrected chi connectivity index (χ3v) is 6.68. The average molecular weight is 421 g/mol. The minimum atomic E-state index is -4.16. The van der Waals surface area contributed by atoms with Crippen LogP contribution in [0.25, 0.3) is 0 Å². The maximum absolute atomic E-state index is 12.4. The SMILES string of the molecule is CCOC(=O)NS(=O)(=O)c1cnccc1Sc1c(Cl)ccc(C)c1Cl. The molecule has 0 aliphatic heterocycles. The Kier molecular flexibility index (Phi) is 6.56. The number of aromatic nitrogens is 1. The zero-order valence-electron chi connectivity index (χ0n) is 13.2. The van der Waals surface area contributed by atoms with Crippen molar-refractivity contribution >= 4 is 51.1 Å². The maximum atomic E-state index is 12.4. The molecule has 0 saturated carbocycles. The van der Waals surface area contributed by atoms with Crippen LogP contribution in [0.1, 0.15) is 12.5 Å². The second kappa shape index (κ2) is 8.27. The van der Waals surface area contributed by atoms with Gasteiger partial charge in [0.05, 0.1) is 16.7 Å². The minimum absolute atomic E-state index is 0.0461. The van der Waals surface area contributed by atoms with Crippen LogP contribution >= 0.6 is 35.0 Å². The highest BCUT2D eigenvalue weighted by atomic mass is 35.5. The largest absolute Gasteiger partial charge is 0.449 e. The third kappa shape index (κ3) is 4.78. The number of benzene rings is 1. The Balaban J connectivity index is 2.43. The summed E-state index contributed by atoms with van der Waals surface area (Å²) in [7, 11) is -4.16. The first-order valence-corrected chi connectivity index (χ1v) is 10.1. The van der Waals surface area contributed by atoms with Crippen LogP contribution in [0.5, 0.6) is 0 Å². The molecular weight excluding hydrogens is 407 g/mol. The summed E-state index contributed by atoms with van der Waals surface area (Å²) in [5.74, 6) is 0. The van der Waals surface area contributed by atoms with Gasteiger partial charge in [0.15, 0.2) is 0 Å². The van der Waals surface area contributed by atoms with Gasteiger partial charge in [-0.25, -0.2) is 17.9 Å². The molecule has 6 nitrogen and oxygen atoms in total. The van der Waals surface area contributed by atoms with Crippen molar-refractivity contribution in [2.45, 2.75) is 28.5 Å². The molecule has 0 saturated heterocycles. The molecule has 25 heavy (non-hydrogen) atoms. The van der Waals surface area contributed by atoms with E-state index in [2.05, 4.69) is 9.72 Å². The van der Waals surface area contributed by atoms with E-state index in [-0.39, 0.29) is 11.5 Å². The van der Waals surface area contributed by atoms with Gasteiger partial charge in [-0.2, -0.15) is 0 Å². The van der Waals surface area contributed by atoms with Crippen molar-refractivity contribution in [2.24, 2.45) is 0 Å². The Bertz CT molecular complexity index is 904. The number of hydrogen-bond donors (Lipinski definition) is 1. The topological polar surface area (TPSA) is 85.4 Å². The summed E-state index contributed by atoms with van der Waals surface area (Å²) in [6, 6.07) is 4.94. The number of nitrogens with one attached hydrogen (secondary N) is 1. The van der Waals surface area contributed by atoms with Crippen molar-refractivity contribution in [1.29, 1.82) is 0 Å². The molecule has 0 unspecified atom stereocenters. The van der Waals surface area contributed by atoms with E-state index in [0.717, 1.165) is 23.5 Å². The van der Waals surface area contributed by atoms with E-state index >= 15 is 0 Å². The van der Waals surface area contributed by atoms with Crippen molar-refractivity contribution in [3.05, 3.63) is 46.2 Å². The molecule has 0 radical (unpaired) electrons. The predicted octanol–water partition coefficient (Wildman–Crippen LogP) is 4.28. The number of aryl methyl sites for hydroxylation is 1. The van der Waals surface area contributed by atoms with Crippen molar-refractivity contribution in [3.8, 4) is 0 Å². The first kappa shape index (κ1) is 19.8. The van der Waals surface area contributed by atoms with E-state index in [0.29, 0.717) is 19.8 Å². The van der Waals surface area contributed by atoms with Gasteiger partial charge in [-0.3, -0.25) is 4.98 Å². The molecule has 0 aliphatic carbocycles. The van der Waals surface area contributed by atoms with Crippen LogP contribution in [0, 0.1) is 6.92 Å². The van der Waals surface area contributed by atoms with E-state index in [4.69, 9.17) is 23.2 Å². The van der Waals surface area contributed by atoms with Gasteiger partial charge < -0.3 is 4.74 Å². The maximum Gasteiger partial charge on any atom is 0.421 e. The number of ether oxygens (including phenoxy) is 1. The molecule has 134 valence electrons. The fraction of sp³-hybridized carbons (Fsp3) is 0.200. The molecule has 0 spiro atoms. The lowest BCUT2D eigenvalue weighted by molar-refractivity contribution is 0.158. The zero-order valence-corrected chi connectivity index (χ0v) is 16.4. The van der Waals surface area contributed by atoms with Gasteiger partial charge in [-0.15, -0.1) is 0 Å². The summed E-state index contributed by atoms with van der Waals surface area (Å²) in [6.07, 6.45) is 1.51. The lowest BCUT2D eigenvalue weighted by Gasteiger charge is -2.13. The van der Waals surface area contributed by atoms with Crippen molar-refractivity contribution in [2.75, 3.05) is 6.61 Å². The number of nitrogens with zero attached hydrogens (tertiary/aromatic N) is 1. The summed E-state index contributed by atoms with van der Waals surface area (Å²) in [4.78, 5) is 15.9. The number of pyridine rings is 1. The van der Waals surface area contributed by atoms with Gasteiger partial charge >= 0.3 is 6.09 Å². The van der Waals surface area contributed by atoms with Crippen LogP contribution in [0.15, 0.2) is 45.3 Å². The molecule has 2 rings (SSSR count). The summed E-state index contributed by atoms with van der Waals surface area (Å²) in [6.45, 7) is 3.43. The van der Waals surface area contributed by atoms with Gasteiger partial charge in [-0.1, -0.05) is 41.0 Å². The molecule has 0 bridgehead atoms. The highest BCUT2D eigenvalue weighted by Crippen LogP contribution is 2.41. The highest BCUT2D eigenvalue weighted by molar-refractivity contribution is 8.00. The van der Waals surface area contributed by atoms with Gasteiger partial charge in [0, 0.05) is 22.2 Å². The van der Waals surface area contributed by atoms with Gasteiger partial charge in [0.2, 0.25) is 0 Å². The van der Waals surface area contributed by atoms with Crippen LogP contribution in [0.3, 0.4) is 0 Å². The lowest BCUT2D eigenvalue weighted by Crippen LogP contribution is -2.31. The first-order chi connectivity index (χ1) is 11.8. The predicted molar refractivity (Wildman–Crippen MR) is 96.9 cm³/mol. The number of sulfonamides is 1. The number of rotatable bonds is 5. The van der Waals surface area contributed by atoms with E-state index < -0.39 is 16.1 Å². The molecule has 1 amide bonds. The summed E-state index contributed by atoms with van der Waals surface area (Å²) >= 11 is 13.5. The normalized spacial score (nSPS) is 11.2. The van der Waals surface area contributed by atoms with Crippen LogP contribution in [0.2, 0.25) is 10.0 Å². The van der Waals surface area contributed by atoms with Gasteiger partial charge in [0.25, 0.3) is 10.0 Å². The average Bonchev–Trinajstić information content (AvgIpc) is 2.55. The van der Waals surface area contributed by atoms with E-state index in [1.54, 1.807) is 19.1 Å². The Labute approximate surface area is 159 Å². The standard InChI is InChI=1S/C15H14Cl2N2O4S2/c1-3-23-15(20)19-25(21,22)12-8-18-7-6-11(12)24-14-10(16)5-4-9(2)13(14)17/h4-8H,3H2,1-2H3,(H,19,20). The van der Waals surface area contributed by atoms with E-state index in [1.165, 1.54) is 12.3 Å². The fourth-order valence-electron chi connectivity index (χ4n) is 1.81. The molecule has 0 aliphatic rings. The molecule has 1 aromatic carbocycles. The number of hydrogen-bond acceptors (Lipinski definition) is 6. The smallest absolute Gasteiger partial charge is 0.421 e. The molecular formula is C15H14Cl2N2O4S2. The molecule has 0 atom stereocenters. The van der Waals surface area contributed by atoms with Crippen molar-refractivity contribution in [1.82, 2.24) is 9.71 Å². The minimum Gasteiger partial charge on any atom is -0.449 e. The van der Waals surface area contributed by atoms with Crippen molar-refractivity contribution in [3.63, 3.8) is 0 Å². The molecule has 1 aromatic heterocycles. The van der Waals surface area contributed by atoms with Crippen LogP contribution in [-0.2, 0) is 14.8 Å². The quantitative estimate of drug-likeness (QED) is 0.776. The second-order valence-electron chi connectivity index (χ2n) is 4.76. The molecule has 1 heterocycles. The third-order valence-electron chi connectivity index (χ3n) is 2.98. The Morgan fingerprint density at radius 2 is 2.04 bits per heavy atom. The van der Waals surface area contributed by atoms with Crippen LogP contribution in [-0.4, -0.2) is 26.1 Å². The monoisotopic (exact) mass is 420 g/mol. The number of carbonyl (C=O) groups is 1. The Morgan fingerprint density at radius 3 is 2.72 bits per heavy atom. The Hall–Kier alpha value is -1.48. The lowest BCUT2D eigenvalue weighted by atomic mass is 10.2. The zero-order chi connectivity index (χ0) is 18.6. The summed E-state index contributed by atoms with van der Waals surface area (Å²) in [5.41, 5.74) is 0.802. The molecule has 2 aromatic rings. The Morgan fingerprint density at radius 1 is 1.32 bits per heavy atom. The molecule has 10 heteroatoms. The summed E-state index contributed by atoms with van der Waals surface area (Å²) in [5, 5.41) is 0.815. The fourth-order valence-corrected chi connectivity index (χ4v) is 4.71. The summed E-state index contributed by atoms with van der Waals surface area (Å²) < 4.78 is 31.3. The first-order valence-electron chi connectivity index (χ1n) is 7.02. The molecule has 0 fully saturated rings. The van der Waals surface area contributed by atoms with Crippen LogP contribution < -0.4 is 4.72 Å². The second-order valence-corrected chi connectivity index (χ2v) is 8.25. The number of carbonyl (C=O) groups excluding carboxylic acids is 1. The van der Waals surface area contributed by atoms with Gasteiger partial charge in [-0.05, 0) is 31.5 Å². The van der Waals surface area contributed by atoms with E-state index in [1.807, 2.05) is 11.6 Å². The number of amides is 1.